The van der Waals surface area contributed by atoms with Gasteiger partial charge in [0.15, 0.2) is 12.3 Å². The molecule has 2 aromatic heterocycles. The molecule has 0 radical (unpaired) electrons. The first-order valence-electron chi connectivity index (χ1n) is 18.0. The summed E-state index contributed by atoms with van der Waals surface area (Å²) in [6, 6.07) is 67.0. The lowest BCUT2D eigenvalue weighted by atomic mass is 9.99. The molecule has 0 saturated carbocycles. The van der Waals surface area contributed by atoms with Crippen LogP contribution in [-0.4, -0.2) is 4.57 Å². The van der Waals surface area contributed by atoms with E-state index in [1.807, 2.05) is 11.3 Å². The van der Waals surface area contributed by atoms with Gasteiger partial charge in [-0.1, -0.05) is 121 Å². The van der Waals surface area contributed by atoms with E-state index in [4.69, 9.17) is 0 Å². The Morgan fingerprint density at radius 1 is 0.462 bits per heavy atom. The van der Waals surface area contributed by atoms with Crippen LogP contribution < -0.4 is 10.2 Å². The molecule has 8 aromatic carbocycles. The lowest BCUT2D eigenvalue weighted by molar-refractivity contribution is -0.962. The summed E-state index contributed by atoms with van der Waals surface area (Å²) in [6.45, 7) is 0. The zero-order valence-electron chi connectivity index (χ0n) is 28.3. The highest BCUT2D eigenvalue weighted by molar-refractivity contribution is 7.25. The summed E-state index contributed by atoms with van der Waals surface area (Å²) in [5.74, 6) is 0. The van der Waals surface area contributed by atoms with Gasteiger partial charge in [-0.05, 0) is 70.4 Å². The number of rotatable bonds is 5. The summed E-state index contributed by atoms with van der Waals surface area (Å²) in [5.41, 5.74) is 9.95. The maximum atomic E-state index is 3.86. The number of fused-ring (bicyclic) bond motifs is 8. The zero-order chi connectivity index (χ0) is 34.2. The van der Waals surface area contributed by atoms with Crippen LogP contribution in [0.5, 0.6) is 0 Å². The molecule has 1 saturated heterocycles. The molecule has 11 rings (SSSR count). The van der Waals surface area contributed by atoms with Crippen molar-refractivity contribution in [1.82, 2.24) is 9.88 Å². The molecule has 4 heteroatoms. The molecule has 246 valence electrons. The van der Waals surface area contributed by atoms with E-state index in [0.29, 0.717) is 0 Å². The quantitative estimate of drug-likeness (QED) is 0.185. The molecule has 0 spiro atoms. The molecule has 2 N–H and O–H groups in total. The molecule has 2 atom stereocenters. The van der Waals surface area contributed by atoms with Crippen LogP contribution in [0.15, 0.2) is 182 Å². The molecule has 1 aliphatic heterocycles. The van der Waals surface area contributed by atoms with Gasteiger partial charge in [0.05, 0.1) is 11.0 Å². The Morgan fingerprint density at radius 2 is 1.06 bits per heavy atom. The minimum atomic E-state index is 0.182. The molecule has 3 heterocycles. The Kier molecular flexibility index (Phi) is 6.71. The van der Waals surface area contributed by atoms with Crippen molar-refractivity contribution in [2.24, 2.45) is 0 Å². The Labute approximate surface area is 305 Å². The molecule has 0 amide bonds. The largest absolute Gasteiger partial charge is 0.309 e. The molecule has 0 aliphatic carbocycles. The van der Waals surface area contributed by atoms with Crippen LogP contribution in [0.3, 0.4) is 0 Å². The SMILES string of the molecule is c1ccc(C2NC(c3ccccc3)[NH+]2c2ccc(-n3c4ccc(-c5ccc6sc7ccccc7c6c5)cc4c4c5ccccc5ccc43)cc2)cc1. The van der Waals surface area contributed by atoms with Crippen molar-refractivity contribution in [2.45, 2.75) is 12.3 Å². The number of hydrogen-bond acceptors (Lipinski definition) is 2. The fraction of sp³-hybridized carbons (Fsp3) is 0.0417. The summed E-state index contributed by atoms with van der Waals surface area (Å²) in [7, 11) is 0. The van der Waals surface area contributed by atoms with Gasteiger partial charge in [0.1, 0.15) is 5.69 Å². The number of aromatic nitrogens is 1. The van der Waals surface area contributed by atoms with Crippen LogP contribution in [0, 0.1) is 0 Å². The summed E-state index contributed by atoms with van der Waals surface area (Å²) >= 11 is 1.87. The molecule has 10 aromatic rings. The summed E-state index contributed by atoms with van der Waals surface area (Å²) in [5, 5.41) is 11.6. The highest BCUT2D eigenvalue weighted by Gasteiger charge is 2.45. The van der Waals surface area contributed by atoms with Gasteiger partial charge in [0.2, 0.25) is 0 Å². The first-order valence-corrected chi connectivity index (χ1v) is 18.8. The number of nitrogens with one attached hydrogen (secondary N) is 2. The van der Waals surface area contributed by atoms with Crippen molar-refractivity contribution in [2.75, 3.05) is 0 Å². The average molecular weight is 685 g/mol. The van der Waals surface area contributed by atoms with E-state index in [1.54, 1.807) is 0 Å². The fourth-order valence-corrected chi connectivity index (χ4v) is 9.64. The molecular formula is C48H34N3S+. The standard InChI is InChI=1S/C48H33N3S/c1-3-12-32(13-4-1)47-49-48(33-14-5-2-6-15-33)51(47)37-24-22-36(23-25-37)50-42-26-20-34(30-41(42)46-38-16-8-7-11-31(38)19-27-43(46)50)35-21-28-45-40(29-35)39-17-9-10-18-44(39)52-45/h1-30,47-49H/p+1. The lowest BCUT2D eigenvalue weighted by Crippen LogP contribution is -3.19. The minimum absolute atomic E-state index is 0.182. The van der Waals surface area contributed by atoms with Gasteiger partial charge in [-0.3, -0.25) is 4.90 Å². The number of thiophene rings is 1. The summed E-state index contributed by atoms with van der Waals surface area (Å²) < 4.78 is 5.12. The second-order valence-corrected chi connectivity index (χ2v) is 15.0. The van der Waals surface area contributed by atoms with E-state index in [9.17, 15) is 0 Å². The van der Waals surface area contributed by atoms with Gasteiger partial charge in [-0.15, -0.1) is 11.3 Å². The van der Waals surface area contributed by atoms with E-state index in [2.05, 4.69) is 192 Å². The monoisotopic (exact) mass is 684 g/mol. The number of hydrogen-bond donors (Lipinski definition) is 2. The van der Waals surface area contributed by atoms with Crippen LogP contribution in [0.25, 0.3) is 69.6 Å². The first-order chi connectivity index (χ1) is 25.8. The third-order valence-electron chi connectivity index (χ3n) is 11.0. The van der Waals surface area contributed by atoms with Crippen molar-refractivity contribution < 1.29 is 4.90 Å². The molecule has 2 unspecified atom stereocenters. The average Bonchev–Trinajstić information content (AvgIpc) is 3.74. The van der Waals surface area contributed by atoms with Crippen molar-refractivity contribution in [3.05, 3.63) is 193 Å². The van der Waals surface area contributed by atoms with Gasteiger partial charge >= 0.3 is 0 Å². The first kappa shape index (κ1) is 29.7. The molecule has 1 aliphatic rings. The molecule has 0 bridgehead atoms. The van der Waals surface area contributed by atoms with Crippen molar-refractivity contribution in [3.8, 4) is 16.8 Å². The maximum absolute atomic E-state index is 3.86. The van der Waals surface area contributed by atoms with Crippen LogP contribution in [0.2, 0.25) is 0 Å². The Hall–Kier alpha value is -6.04. The van der Waals surface area contributed by atoms with E-state index in [-0.39, 0.29) is 12.3 Å². The zero-order valence-corrected chi connectivity index (χ0v) is 29.1. The number of nitrogens with zero attached hydrogens (tertiary/aromatic N) is 1. The second kappa shape index (κ2) is 11.8. The van der Waals surface area contributed by atoms with Crippen molar-refractivity contribution in [3.63, 3.8) is 0 Å². The highest BCUT2D eigenvalue weighted by atomic mass is 32.1. The fourth-order valence-electron chi connectivity index (χ4n) is 8.55. The van der Waals surface area contributed by atoms with E-state index >= 15 is 0 Å². The van der Waals surface area contributed by atoms with Crippen LogP contribution in [0.1, 0.15) is 23.5 Å². The van der Waals surface area contributed by atoms with Crippen LogP contribution in [-0.2, 0) is 0 Å². The normalized spacial score (nSPS) is 17.3. The van der Waals surface area contributed by atoms with E-state index in [0.717, 1.165) is 0 Å². The van der Waals surface area contributed by atoms with Crippen molar-refractivity contribution >= 4 is 69.8 Å². The summed E-state index contributed by atoms with van der Waals surface area (Å²) in [6.07, 6.45) is 0.364. The summed E-state index contributed by atoms with van der Waals surface area (Å²) in [4.78, 5) is 1.41. The Balaban J connectivity index is 1.06. The predicted octanol–water partition coefficient (Wildman–Crippen LogP) is 11.5. The van der Waals surface area contributed by atoms with Gasteiger partial charge in [-0.25, -0.2) is 5.32 Å². The van der Waals surface area contributed by atoms with Gasteiger partial charge in [0.25, 0.3) is 0 Å². The second-order valence-electron chi connectivity index (χ2n) is 13.9. The maximum Gasteiger partial charge on any atom is 0.178 e. The van der Waals surface area contributed by atoms with Crippen LogP contribution >= 0.6 is 11.3 Å². The third-order valence-corrected chi connectivity index (χ3v) is 12.2. The Morgan fingerprint density at radius 3 is 1.81 bits per heavy atom. The van der Waals surface area contributed by atoms with Gasteiger partial charge in [0, 0.05) is 59.9 Å². The number of quaternary nitrogens is 1. The number of benzene rings is 8. The van der Waals surface area contributed by atoms with Gasteiger partial charge in [-0.2, -0.15) is 0 Å². The topological polar surface area (TPSA) is 21.4 Å². The predicted molar refractivity (Wildman–Crippen MR) is 219 cm³/mol. The van der Waals surface area contributed by atoms with Crippen LogP contribution in [0.4, 0.5) is 5.69 Å². The smallest absolute Gasteiger partial charge is 0.178 e. The Bertz CT molecular complexity index is 2900. The van der Waals surface area contributed by atoms with E-state index < -0.39 is 0 Å². The third kappa shape index (κ3) is 4.59. The molecule has 1 fully saturated rings. The van der Waals surface area contributed by atoms with Gasteiger partial charge < -0.3 is 4.57 Å². The minimum Gasteiger partial charge on any atom is -0.309 e. The molecule has 52 heavy (non-hydrogen) atoms. The lowest BCUT2D eigenvalue weighted by Gasteiger charge is -2.45. The highest BCUT2D eigenvalue weighted by Crippen LogP contribution is 2.41. The van der Waals surface area contributed by atoms with E-state index in [1.165, 1.54) is 91.3 Å². The molecule has 3 nitrogen and oxygen atoms in total. The molecular weight excluding hydrogens is 651 g/mol. The van der Waals surface area contributed by atoms with Crippen molar-refractivity contribution in [1.29, 1.82) is 0 Å².